The molecule has 7 nitrogen and oxygen atoms in total. The molecule has 1 aromatic heterocycles. The van der Waals surface area contributed by atoms with Crippen LogP contribution in [-0.2, 0) is 29.2 Å². The zero-order chi connectivity index (χ0) is 22.2. The first kappa shape index (κ1) is 23.2. The number of hydrogen-bond donors (Lipinski definition) is 0. The van der Waals surface area contributed by atoms with Crippen molar-refractivity contribution in [1.82, 2.24) is 24.6 Å². The molecule has 1 saturated heterocycles. The Hall–Kier alpha value is -2.42. The van der Waals surface area contributed by atoms with Crippen LogP contribution < -0.4 is 0 Å². The van der Waals surface area contributed by atoms with E-state index in [0.717, 1.165) is 37.2 Å². The quantitative estimate of drug-likeness (QED) is 0.551. The van der Waals surface area contributed by atoms with Crippen LogP contribution in [0.5, 0.6) is 0 Å². The molecule has 0 atom stereocenters. The average molecular weight is 448 g/mol. The fourth-order valence-electron chi connectivity index (χ4n) is 3.69. The molecule has 2 heterocycles. The van der Waals surface area contributed by atoms with Crippen molar-refractivity contribution in [3.05, 3.63) is 41.5 Å². The minimum absolute atomic E-state index is 0.0355. The zero-order valence-corrected chi connectivity index (χ0v) is 19.0. The number of likely N-dealkylation sites (tertiary alicyclic amines) is 1. The van der Waals surface area contributed by atoms with Crippen molar-refractivity contribution in [3.8, 4) is 0 Å². The maximum Gasteiger partial charge on any atom is 0.233 e. The van der Waals surface area contributed by atoms with Gasteiger partial charge in [-0.05, 0) is 44.4 Å². The molecule has 0 N–H and O–H groups in total. The normalized spacial score (nSPS) is 14.5. The Morgan fingerprint density at radius 3 is 2.81 bits per heavy atom. The SMILES string of the molecule is CCN(Cc1cccc(F)c1)C(=O)CSc1nnc(CN2CCCCCC2=O)n1CC. The van der Waals surface area contributed by atoms with E-state index in [9.17, 15) is 14.0 Å². The standard InChI is InChI=1S/C22H30FN5O2S/c1-3-26(14-17-9-8-10-18(23)13-17)21(30)16-31-22-25-24-19(28(22)4-2)15-27-12-7-5-6-11-20(27)29/h8-10,13H,3-7,11-12,14-16H2,1-2H3. The highest BCUT2D eigenvalue weighted by atomic mass is 32.2. The number of thioether (sulfide) groups is 1. The summed E-state index contributed by atoms with van der Waals surface area (Å²) in [4.78, 5) is 28.6. The maximum atomic E-state index is 13.4. The summed E-state index contributed by atoms with van der Waals surface area (Å²) in [5, 5.41) is 9.25. The van der Waals surface area contributed by atoms with Gasteiger partial charge in [0.05, 0.1) is 12.3 Å². The Labute approximate surface area is 187 Å². The molecule has 0 bridgehead atoms. The van der Waals surface area contributed by atoms with Crippen LogP contribution in [0.4, 0.5) is 4.39 Å². The van der Waals surface area contributed by atoms with E-state index in [2.05, 4.69) is 10.2 Å². The van der Waals surface area contributed by atoms with E-state index in [1.807, 2.05) is 29.4 Å². The number of nitrogens with zero attached hydrogens (tertiary/aromatic N) is 5. The van der Waals surface area contributed by atoms with Crippen molar-refractivity contribution in [2.75, 3.05) is 18.8 Å². The number of benzene rings is 1. The molecular weight excluding hydrogens is 417 g/mol. The van der Waals surface area contributed by atoms with E-state index in [1.54, 1.807) is 11.0 Å². The van der Waals surface area contributed by atoms with Crippen LogP contribution in [0.15, 0.2) is 29.4 Å². The molecule has 9 heteroatoms. The van der Waals surface area contributed by atoms with E-state index in [-0.39, 0.29) is 23.4 Å². The van der Waals surface area contributed by atoms with Crippen LogP contribution in [0.3, 0.4) is 0 Å². The van der Waals surface area contributed by atoms with Crippen LogP contribution in [0.25, 0.3) is 0 Å². The van der Waals surface area contributed by atoms with Crippen molar-refractivity contribution >= 4 is 23.6 Å². The summed E-state index contributed by atoms with van der Waals surface area (Å²) in [6.45, 7) is 6.70. The third kappa shape index (κ3) is 6.29. The Bertz CT molecular complexity index is 904. The lowest BCUT2D eigenvalue weighted by molar-refractivity contribution is -0.131. The molecule has 1 aromatic carbocycles. The number of aromatic nitrogens is 3. The Kier molecular flexibility index (Phi) is 8.45. The number of carbonyl (C=O) groups excluding carboxylic acids is 2. The van der Waals surface area contributed by atoms with Crippen molar-refractivity contribution in [2.45, 2.75) is 64.3 Å². The largest absolute Gasteiger partial charge is 0.338 e. The minimum atomic E-state index is -0.304. The first-order valence-corrected chi connectivity index (χ1v) is 11.8. The number of carbonyl (C=O) groups is 2. The van der Waals surface area contributed by atoms with Gasteiger partial charge in [-0.3, -0.25) is 9.59 Å². The topological polar surface area (TPSA) is 71.3 Å². The Morgan fingerprint density at radius 2 is 2.06 bits per heavy atom. The van der Waals surface area contributed by atoms with Crippen LogP contribution in [0, 0.1) is 5.82 Å². The van der Waals surface area contributed by atoms with Gasteiger partial charge in [0.2, 0.25) is 11.8 Å². The molecule has 2 amide bonds. The first-order valence-electron chi connectivity index (χ1n) is 10.9. The Morgan fingerprint density at radius 1 is 1.23 bits per heavy atom. The smallest absolute Gasteiger partial charge is 0.233 e. The van der Waals surface area contributed by atoms with Gasteiger partial charge in [-0.2, -0.15) is 0 Å². The van der Waals surface area contributed by atoms with Gasteiger partial charge >= 0.3 is 0 Å². The summed E-state index contributed by atoms with van der Waals surface area (Å²) in [5.41, 5.74) is 0.765. The van der Waals surface area contributed by atoms with Crippen LogP contribution >= 0.6 is 11.8 Å². The lowest BCUT2D eigenvalue weighted by Crippen LogP contribution is -2.32. The van der Waals surface area contributed by atoms with E-state index in [4.69, 9.17) is 0 Å². The molecule has 0 saturated carbocycles. The summed E-state index contributed by atoms with van der Waals surface area (Å²) in [7, 11) is 0. The molecule has 0 unspecified atom stereocenters. The lowest BCUT2D eigenvalue weighted by Gasteiger charge is -2.21. The fourth-order valence-corrected chi connectivity index (χ4v) is 4.61. The maximum absolute atomic E-state index is 13.4. The second-order valence-electron chi connectivity index (χ2n) is 7.60. The molecule has 3 rings (SSSR count). The van der Waals surface area contributed by atoms with Crippen LogP contribution in [0.1, 0.15) is 50.9 Å². The van der Waals surface area contributed by atoms with Gasteiger partial charge < -0.3 is 14.4 Å². The van der Waals surface area contributed by atoms with Crippen molar-refractivity contribution in [1.29, 1.82) is 0 Å². The number of amides is 2. The molecular formula is C22H30FN5O2S. The predicted octanol–water partition coefficient (Wildman–Crippen LogP) is 3.48. The van der Waals surface area contributed by atoms with E-state index in [0.29, 0.717) is 37.8 Å². The van der Waals surface area contributed by atoms with Gasteiger partial charge in [-0.25, -0.2) is 4.39 Å². The van der Waals surface area contributed by atoms with Gasteiger partial charge in [-0.15, -0.1) is 10.2 Å². The van der Waals surface area contributed by atoms with Gasteiger partial charge in [0, 0.05) is 32.6 Å². The molecule has 1 aliphatic heterocycles. The monoisotopic (exact) mass is 447 g/mol. The van der Waals surface area contributed by atoms with Crippen molar-refractivity contribution in [3.63, 3.8) is 0 Å². The van der Waals surface area contributed by atoms with E-state index >= 15 is 0 Å². The molecule has 0 aliphatic carbocycles. The molecule has 2 aromatic rings. The zero-order valence-electron chi connectivity index (χ0n) is 18.2. The number of hydrogen-bond acceptors (Lipinski definition) is 5. The highest BCUT2D eigenvalue weighted by Crippen LogP contribution is 2.20. The van der Waals surface area contributed by atoms with Gasteiger partial charge in [-0.1, -0.05) is 30.3 Å². The van der Waals surface area contributed by atoms with Gasteiger partial charge in [0.25, 0.3) is 0 Å². The molecule has 0 spiro atoms. The van der Waals surface area contributed by atoms with Crippen LogP contribution in [-0.4, -0.2) is 55.2 Å². The lowest BCUT2D eigenvalue weighted by atomic mass is 10.2. The average Bonchev–Trinajstić information content (AvgIpc) is 3.04. The van der Waals surface area contributed by atoms with Gasteiger partial charge in [0.15, 0.2) is 11.0 Å². The van der Waals surface area contributed by atoms with E-state index in [1.165, 1.54) is 23.9 Å². The summed E-state index contributed by atoms with van der Waals surface area (Å²) >= 11 is 1.35. The van der Waals surface area contributed by atoms with Crippen molar-refractivity contribution in [2.24, 2.45) is 0 Å². The third-order valence-corrected chi connectivity index (χ3v) is 6.39. The summed E-state index contributed by atoms with van der Waals surface area (Å²) in [5.74, 6) is 0.806. The summed E-state index contributed by atoms with van der Waals surface area (Å²) in [6.07, 6.45) is 3.63. The molecule has 1 fully saturated rings. The highest BCUT2D eigenvalue weighted by Gasteiger charge is 2.21. The summed E-state index contributed by atoms with van der Waals surface area (Å²) in [6, 6.07) is 6.31. The minimum Gasteiger partial charge on any atom is -0.338 e. The van der Waals surface area contributed by atoms with Crippen LogP contribution in [0.2, 0.25) is 0 Å². The van der Waals surface area contributed by atoms with E-state index < -0.39 is 0 Å². The molecule has 0 radical (unpaired) electrons. The number of rotatable bonds is 9. The fraction of sp³-hybridized carbons (Fsp3) is 0.545. The molecule has 1 aliphatic rings. The molecule has 168 valence electrons. The first-order chi connectivity index (χ1) is 15.0. The number of halogens is 1. The highest BCUT2D eigenvalue weighted by molar-refractivity contribution is 7.99. The second kappa shape index (κ2) is 11.3. The van der Waals surface area contributed by atoms with Crippen molar-refractivity contribution < 1.29 is 14.0 Å². The third-order valence-electron chi connectivity index (χ3n) is 5.43. The second-order valence-corrected chi connectivity index (χ2v) is 8.54. The predicted molar refractivity (Wildman–Crippen MR) is 118 cm³/mol. The van der Waals surface area contributed by atoms with Gasteiger partial charge in [0.1, 0.15) is 5.82 Å². The molecule has 31 heavy (non-hydrogen) atoms. The summed E-state index contributed by atoms with van der Waals surface area (Å²) < 4.78 is 15.4. The Balaban J connectivity index is 1.61.